The van der Waals surface area contributed by atoms with Gasteiger partial charge in [0.15, 0.2) is 0 Å². The van der Waals surface area contributed by atoms with E-state index in [0.717, 1.165) is 0 Å². The number of hydrogen-bond donors (Lipinski definition) is 1. The monoisotopic (exact) mass is 320 g/mol. The number of aromatic amines is 1. The summed E-state index contributed by atoms with van der Waals surface area (Å²) in [6, 6.07) is 8.18. The lowest BCUT2D eigenvalue weighted by atomic mass is 9.97. The van der Waals surface area contributed by atoms with Gasteiger partial charge in [0.2, 0.25) is 0 Å². The van der Waals surface area contributed by atoms with Gasteiger partial charge in [-0.25, -0.2) is 4.39 Å². The van der Waals surface area contributed by atoms with E-state index in [1.807, 2.05) is 6.07 Å². The second-order valence-corrected chi connectivity index (χ2v) is 4.64. The number of benzene rings is 1. The fraction of sp³-hybridized carbons (Fsp3) is 0.143. The molecule has 0 bridgehead atoms. The van der Waals surface area contributed by atoms with Crippen molar-refractivity contribution < 1.29 is 4.39 Å². The molecule has 2 rings (SSSR count). The summed E-state index contributed by atoms with van der Waals surface area (Å²) in [5, 5.41) is 9.42. The Balaban J connectivity index is 2.84. The molecule has 1 aromatic heterocycles. The predicted molar refractivity (Wildman–Crippen MR) is 74.5 cm³/mol. The van der Waals surface area contributed by atoms with Gasteiger partial charge >= 0.3 is 0 Å². The lowest BCUT2D eigenvalue weighted by Gasteiger charge is -2.10. The molecule has 0 aliphatic carbocycles. The van der Waals surface area contributed by atoms with Gasteiger partial charge in [0.1, 0.15) is 17.4 Å². The highest BCUT2D eigenvalue weighted by molar-refractivity contribution is 9.08. The fourth-order valence-electron chi connectivity index (χ4n) is 1.96. The van der Waals surface area contributed by atoms with E-state index in [0.29, 0.717) is 27.7 Å². The summed E-state index contributed by atoms with van der Waals surface area (Å²) in [5.41, 5.74) is 1.62. The van der Waals surface area contributed by atoms with Crippen LogP contribution in [-0.2, 0) is 5.33 Å². The number of aryl methyl sites for hydroxylation is 1. The Bertz CT molecular complexity index is 731. The minimum absolute atomic E-state index is 0.00148. The van der Waals surface area contributed by atoms with Crippen LogP contribution in [0.15, 0.2) is 29.1 Å². The highest BCUT2D eigenvalue weighted by atomic mass is 79.9. The SMILES string of the molecule is Cc1cc(-c2cccc(F)c2CBr)c(C#N)c(=O)[nH]1. The molecule has 19 heavy (non-hydrogen) atoms. The minimum Gasteiger partial charge on any atom is -0.325 e. The van der Waals surface area contributed by atoms with E-state index in [4.69, 9.17) is 5.26 Å². The van der Waals surface area contributed by atoms with Gasteiger partial charge in [-0.3, -0.25) is 4.79 Å². The Kier molecular flexibility index (Phi) is 3.82. The number of nitriles is 1. The summed E-state index contributed by atoms with van der Waals surface area (Å²) in [6.45, 7) is 1.72. The summed E-state index contributed by atoms with van der Waals surface area (Å²) in [4.78, 5) is 14.3. The summed E-state index contributed by atoms with van der Waals surface area (Å²) < 4.78 is 13.8. The third-order valence-electron chi connectivity index (χ3n) is 2.82. The molecule has 0 radical (unpaired) electrons. The molecule has 5 heteroatoms. The Morgan fingerprint density at radius 3 is 2.79 bits per heavy atom. The molecule has 2 aromatic rings. The van der Waals surface area contributed by atoms with Crippen LogP contribution in [0.4, 0.5) is 4.39 Å². The highest BCUT2D eigenvalue weighted by Gasteiger charge is 2.15. The number of H-pyrrole nitrogens is 1. The third-order valence-corrected chi connectivity index (χ3v) is 3.38. The first-order chi connectivity index (χ1) is 9.08. The van der Waals surface area contributed by atoms with Crippen LogP contribution in [0, 0.1) is 24.1 Å². The molecule has 0 saturated heterocycles. The molecule has 0 spiro atoms. The van der Waals surface area contributed by atoms with Crippen LogP contribution < -0.4 is 5.56 Å². The Morgan fingerprint density at radius 1 is 1.42 bits per heavy atom. The summed E-state index contributed by atoms with van der Waals surface area (Å²) in [7, 11) is 0. The number of hydrogen-bond acceptors (Lipinski definition) is 2. The van der Waals surface area contributed by atoms with Crippen molar-refractivity contribution in [3.8, 4) is 17.2 Å². The predicted octanol–water partition coefficient (Wildman–Crippen LogP) is 3.26. The van der Waals surface area contributed by atoms with Crippen LogP contribution in [0.1, 0.15) is 16.8 Å². The zero-order valence-electron chi connectivity index (χ0n) is 10.1. The summed E-state index contributed by atoms with van der Waals surface area (Å²) >= 11 is 3.23. The molecule has 0 fully saturated rings. The van der Waals surface area contributed by atoms with E-state index in [2.05, 4.69) is 20.9 Å². The second-order valence-electron chi connectivity index (χ2n) is 4.08. The standard InChI is InChI=1S/C14H10BrFN2O/c1-8-5-10(12(7-17)14(19)18-8)9-3-2-4-13(16)11(9)6-15/h2-5H,6H2,1H3,(H,18,19). The third kappa shape index (κ3) is 2.45. The van der Waals surface area contributed by atoms with Crippen molar-refractivity contribution >= 4 is 15.9 Å². The summed E-state index contributed by atoms with van der Waals surface area (Å²) in [6.07, 6.45) is 0. The maximum Gasteiger partial charge on any atom is 0.266 e. The number of nitrogens with zero attached hydrogens (tertiary/aromatic N) is 1. The fourth-order valence-corrected chi connectivity index (χ4v) is 2.53. The molecule has 0 aliphatic heterocycles. The van der Waals surface area contributed by atoms with Crippen molar-refractivity contribution in [3.05, 3.63) is 57.3 Å². The van der Waals surface area contributed by atoms with Gasteiger partial charge in [0.05, 0.1) is 0 Å². The molecule has 0 aliphatic rings. The van der Waals surface area contributed by atoms with Gasteiger partial charge in [-0.1, -0.05) is 28.1 Å². The van der Waals surface area contributed by atoms with Crippen LogP contribution in [-0.4, -0.2) is 4.98 Å². The summed E-state index contributed by atoms with van der Waals surface area (Å²) in [5.74, 6) is -0.365. The van der Waals surface area contributed by atoms with Crippen molar-refractivity contribution in [1.82, 2.24) is 4.98 Å². The molecule has 0 saturated carbocycles. The topological polar surface area (TPSA) is 56.6 Å². The van der Waals surface area contributed by atoms with Crippen LogP contribution in [0.25, 0.3) is 11.1 Å². The van der Waals surface area contributed by atoms with Gasteiger partial charge in [0, 0.05) is 22.2 Å². The highest BCUT2D eigenvalue weighted by Crippen LogP contribution is 2.29. The van der Waals surface area contributed by atoms with Crippen LogP contribution in [0.5, 0.6) is 0 Å². The van der Waals surface area contributed by atoms with Gasteiger partial charge in [-0.05, 0) is 24.6 Å². The van der Waals surface area contributed by atoms with Crippen LogP contribution in [0.2, 0.25) is 0 Å². The molecule has 96 valence electrons. The maximum absolute atomic E-state index is 13.8. The smallest absolute Gasteiger partial charge is 0.266 e. The van der Waals surface area contributed by atoms with Crippen LogP contribution in [0.3, 0.4) is 0 Å². The minimum atomic E-state index is -0.456. The Hall–Kier alpha value is -1.93. The van der Waals surface area contributed by atoms with E-state index in [1.165, 1.54) is 6.07 Å². The van der Waals surface area contributed by atoms with E-state index in [9.17, 15) is 9.18 Å². The first-order valence-electron chi connectivity index (χ1n) is 5.56. The molecule has 0 amide bonds. The van der Waals surface area contributed by atoms with E-state index in [-0.39, 0.29) is 11.4 Å². The first-order valence-corrected chi connectivity index (χ1v) is 6.68. The van der Waals surface area contributed by atoms with Crippen molar-refractivity contribution in [2.75, 3.05) is 0 Å². The zero-order chi connectivity index (χ0) is 14.0. The molecular weight excluding hydrogens is 311 g/mol. The molecule has 3 nitrogen and oxygen atoms in total. The molecular formula is C14H10BrFN2O. The number of halogens is 2. The lowest BCUT2D eigenvalue weighted by Crippen LogP contribution is -2.13. The molecule has 1 N–H and O–H groups in total. The average molecular weight is 321 g/mol. The molecule has 1 heterocycles. The number of pyridine rings is 1. The number of aromatic nitrogens is 1. The number of nitrogens with one attached hydrogen (secondary N) is 1. The normalized spacial score (nSPS) is 10.2. The van der Waals surface area contributed by atoms with Crippen molar-refractivity contribution in [1.29, 1.82) is 5.26 Å². The van der Waals surface area contributed by atoms with Crippen LogP contribution >= 0.6 is 15.9 Å². The van der Waals surface area contributed by atoms with E-state index in [1.54, 1.807) is 25.1 Å². The van der Waals surface area contributed by atoms with E-state index >= 15 is 0 Å². The van der Waals surface area contributed by atoms with E-state index < -0.39 is 5.56 Å². The van der Waals surface area contributed by atoms with Gasteiger partial charge in [-0.15, -0.1) is 0 Å². The second kappa shape index (κ2) is 5.37. The maximum atomic E-state index is 13.8. The van der Waals surface area contributed by atoms with Gasteiger partial charge < -0.3 is 4.98 Å². The largest absolute Gasteiger partial charge is 0.325 e. The Morgan fingerprint density at radius 2 is 2.16 bits per heavy atom. The average Bonchev–Trinajstić information content (AvgIpc) is 2.37. The lowest BCUT2D eigenvalue weighted by molar-refractivity contribution is 0.618. The van der Waals surface area contributed by atoms with Gasteiger partial charge in [-0.2, -0.15) is 5.26 Å². The van der Waals surface area contributed by atoms with Crippen molar-refractivity contribution in [3.63, 3.8) is 0 Å². The Labute approximate surface area is 117 Å². The number of rotatable bonds is 2. The van der Waals surface area contributed by atoms with Crippen molar-refractivity contribution in [2.24, 2.45) is 0 Å². The van der Waals surface area contributed by atoms with Crippen molar-refractivity contribution in [2.45, 2.75) is 12.3 Å². The zero-order valence-corrected chi connectivity index (χ0v) is 11.7. The van der Waals surface area contributed by atoms with Gasteiger partial charge in [0.25, 0.3) is 5.56 Å². The number of alkyl halides is 1. The first kappa shape index (κ1) is 13.5. The molecule has 0 unspecified atom stereocenters. The molecule has 0 atom stereocenters. The molecule has 1 aromatic carbocycles. The quantitative estimate of drug-likeness (QED) is 0.863.